The van der Waals surface area contributed by atoms with Crippen LogP contribution in [0.25, 0.3) is 10.6 Å². The monoisotopic (exact) mass is 359 g/mol. The Kier molecular flexibility index (Phi) is 4.98. The van der Waals surface area contributed by atoms with Crippen molar-refractivity contribution in [2.45, 2.75) is 32.7 Å². The van der Waals surface area contributed by atoms with Crippen LogP contribution in [0, 0.1) is 13.8 Å². The van der Waals surface area contributed by atoms with Gasteiger partial charge in [0.15, 0.2) is 0 Å². The second-order valence-corrected chi connectivity index (χ2v) is 7.37. The lowest BCUT2D eigenvalue weighted by molar-refractivity contribution is -0.132. The number of aromatic nitrogens is 2. The zero-order valence-electron chi connectivity index (χ0n) is 14.5. The summed E-state index contributed by atoms with van der Waals surface area (Å²) in [5.41, 5.74) is 3.32. The van der Waals surface area contributed by atoms with Gasteiger partial charge in [0.2, 0.25) is 11.0 Å². The molecule has 1 aliphatic heterocycles. The maximum Gasteiger partial charge on any atom is 0.321 e. The Balaban J connectivity index is 1.61. The van der Waals surface area contributed by atoms with Gasteiger partial charge >= 0.3 is 6.03 Å². The van der Waals surface area contributed by atoms with Gasteiger partial charge in [0, 0.05) is 31.6 Å². The first-order valence-corrected chi connectivity index (χ1v) is 8.96. The predicted octanol–water partition coefficient (Wildman–Crippen LogP) is 2.56. The lowest BCUT2D eigenvalue weighted by atomic mass is 10.1. The van der Waals surface area contributed by atoms with Crippen molar-refractivity contribution in [3.63, 3.8) is 0 Å². The highest BCUT2D eigenvalue weighted by Crippen LogP contribution is 2.27. The lowest BCUT2D eigenvalue weighted by Crippen LogP contribution is -2.49. The van der Waals surface area contributed by atoms with Gasteiger partial charge in [0.05, 0.1) is 0 Å². The molecule has 0 radical (unpaired) electrons. The predicted molar refractivity (Wildman–Crippen MR) is 97.6 cm³/mol. The normalized spacial score (nSPS) is 17.5. The summed E-state index contributed by atoms with van der Waals surface area (Å²) in [6.07, 6.45) is 1.11. The molecule has 0 saturated carbocycles. The van der Waals surface area contributed by atoms with Crippen molar-refractivity contribution < 1.29 is 9.59 Å². The number of likely N-dealkylation sites (N-methyl/N-ethyl adjacent to an activating group) is 1. The van der Waals surface area contributed by atoms with Crippen molar-refractivity contribution in [2.24, 2.45) is 0 Å². The average molecular weight is 359 g/mol. The summed E-state index contributed by atoms with van der Waals surface area (Å²) in [5, 5.41) is 15.0. The number of carbonyl (C=O) groups excluding carboxylic acids is 2. The van der Waals surface area contributed by atoms with Gasteiger partial charge in [-0.1, -0.05) is 28.5 Å². The number of amides is 3. The number of urea groups is 1. The SMILES string of the molecule is Cc1cc(C)cc(-c2nnc(NC(=O)NC3CCC(=O)N(C)C3)s2)c1. The largest absolute Gasteiger partial charge is 0.344 e. The van der Waals surface area contributed by atoms with Gasteiger partial charge in [-0.05, 0) is 32.4 Å². The van der Waals surface area contributed by atoms with E-state index < -0.39 is 0 Å². The van der Waals surface area contributed by atoms with Crippen molar-refractivity contribution in [3.05, 3.63) is 29.3 Å². The minimum Gasteiger partial charge on any atom is -0.344 e. The van der Waals surface area contributed by atoms with E-state index in [1.54, 1.807) is 11.9 Å². The highest BCUT2D eigenvalue weighted by molar-refractivity contribution is 7.18. The van der Waals surface area contributed by atoms with Crippen molar-refractivity contribution in [2.75, 3.05) is 18.9 Å². The van der Waals surface area contributed by atoms with Crippen LogP contribution in [0.15, 0.2) is 18.2 Å². The quantitative estimate of drug-likeness (QED) is 0.882. The third-order valence-corrected chi connectivity index (χ3v) is 4.96. The van der Waals surface area contributed by atoms with Gasteiger partial charge in [0.1, 0.15) is 5.01 Å². The number of carbonyl (C=O) groups is 2. The molecule has 2 N–H and O–H groups in total. The number of benzene rings is 1. The molecule has 0 bridgehead atoms. The Hall–Kier alpha value is -2.48. The van der Waals surface area contributed by atoms with Crippen LogP contribution in [0.4, 0.5) is 9.93 Å². The summed E-state index contributed by atoms with van der Waals surface area (Å²) >= 11 is 1.34. The topological polar surface area (TPSA) is 87.2 Å². The molecule has 2 heterocycles. The third-order valence-electron chi connectivity index (χ3n) is 4.08. The summed E-state index contributed by atoms with van der Waals surface area (Å²) in [4.78, 5) is 25.3. The first kappa shape index (κ1) is 17.3. The number of likely N-dealkylation sites (tertiary alicyclic amines) is 1. The van der Waals surface area contributed by atoms with Crippen molar-refractivity contribution in [1.82, 2.24) is 20.4 Å². The molecule has 25 heavy (non-hydrogen) atoms. The maximum absolute atomic E-state index is 12.1. The fourth-order valence-corrected chi connectivity index (χ4v) is 3.66. The lowest BCUT2D eigenvalue weighted by Gasteiger charge is -2.29. The smallest absolute Gasteiger partial charge is 0.321 e. The van der Waals surface area contributed by atoms with Crippen molar-refractivity contribution >= 4 is 28.4 Å². The van der Waals surface area contributed by atoms with Crippen LogP contribution >= 0.6 is 11.3 Å². The molecule has 0 aliphatic carbocycles. The van der Waals surface area contributed by atoms with Crippen molar-refractivity contribution in [1.29, 1.82) is 0 Å². The van der Waals surface area contributed by atoms with Gasteiger partial charge in [-0.2, -0.15) is 0 Å². The molecule has 2 aromatic rings. The molecular weight excluding hydrogens is 338 g/mol. The molecule has 3 amide bonds. The Bertz CT molecular complexity index is 784. The van der Waals surface area contributed by atoms with E-state index in [4.69, 9.17) is 0 Å². The zero-order chi connectivity index (χ0) is 18.0. The summed E-state index contributed by atoms with van der Waals surface area (Å²) in [7, 11) is 1.74. The van der Waals surface area contributed by atoms with Gasteiger partial charge in [-0.15, -0.1) is 10.2 Å². The second kappa shape index (κ2) is 7.18. The number of hydrogen-bond acceptors (Lipinski definition) is 5. The van der Waals surface area contributed by atoms with E-state index >= 15 is 0 Å². The Morgan fingerprint density at radius 2 is 1.96 bits per heavy atom. The minimum absolute atomic E-state index is 0.0467. The van der Waals surface area contributed by atoms with Gasteiger partial charge < -0.3 is 10.2 Å². The number of anilines is 1. The molecule has 1 atom stereocenters. The summed E-state index contributed by atoms with van der Waals surface area (Å²) in [6.45, 7) is 4.60. The van der Waals surface area contributed by atoms with E-state index in [1.807, 2.05) is 26.0 Å². The molecule has 1 aliphatic rings. The molecule has 1 aromatic heterocycles. The number of hydrogen-bond donors (Lipinski definition) is 2. The molecule has 132 valence electrons. The van der Waals surface area contributed by atoms with Crippen LogP contribution in [0.1, 0.15) is 24.0 Å². The maximum atomic E-state index is 12.1. The molecule has 3 rings (SSSR count). The van der Waals surface area contributed by atoms with Crippen LogP contribution in [0.3, 0.4) is 0 Å². The Labute approximate surface area is 150 Å². The van der Waals surface area contributed by atoms with Crippen LogP contribution in [0.2, 0.25) is 0 Å². The fraction of sp³-hybridized carbons (Fsp3) is 0.412. The molecule has 7 nitrogen and oxygen atoms in total. The molecule has 1 unspecified atom stereocenters. The standard InChI is InChI=1S/C17H21N5O2S/c1-10-6-11(2)8-12(7-10)15-20-21-17(25-15)19-16(24)18-13-4-5-14(23)22(3)9-13/h6-8,13H,4-5,9H2,1-3H3,(H2,18,19,21,24). The van der Waals surface area contributed by atoms with E-state index in [1.165, 1.54) is 11.3 Å². The first-order valence-electron chi connectivity index (χ1n) is 8.14. The van der Waals surface area contributed by atoms with Crippen LogP contribution < -0.4 is 10.6 Å². The summed E-state index contributed by atoms with van der Waals surface area (Å²) in [5.74, 6) is 0.112. The molecule has 1 fully saturated rings. The molecule has 1 aromatic carbocycles. The molecular formula is C17H21N5O2S. The number of piperidine rings is 1. The van der Waals surface area contributed by atoms with Crippen molar-refractivity contribution in [3.8, 4) is 10.6 Å². The highest BCUT2D eigenvalue weighted by Gasteiger charge is 2.24. The van der Waals surface area contributed by atoms with E-state index in [0.717, 1.165) is 21.7 Å². The average Bonchev–Trinajstić information content (AvgIpc) is 2.98. The Morgan fingerprint density at radius 1 is 1.24 bits per heavy atom. The highest BCUT2D eigenvalue weighted by atomic mass is 32.1. The van der Waals surface area contributed by atoms with E-state index in [2.05, 4.69) is 26.9 Å². The third kappa shape index (κ3) is 4.33. The minimum atomic E-state index is -0.323. The fourth-order valence-electron chi connectivity index (χ4n) is 2.94. The van der Waals surface area contributed by atoms with Crippen LogP contribution in [-0.2, 0) is 4.79 Å². The van der Waals surface area contributed by atoms with Gasteiger partial charge in [0.25, 0.3) is 0 Å². The summed E-state index contributed by atoms with van der Waals surface area (Å²) < 4.78 is 0. The van der Waals surface area contributed by atoms with Gasteiger partial charge in [-0.25, -0.2) is 4.79 Å². The van der Waals surface area contributed by atoms with E-state index in [-0.39, 0.29) is 18.0 Å². The number of rotatable bonds is 3. The Morgan fingerprint density at radius 3 is 2.64 bits per heavy atom. The van der Waals surface area contributed by atoms with Gasteiger partial charge in [-0.3, -0.25) is 10.1 Å². The van der Waals surface area contributed by atoms with E-state index in [0.29, 0.717) is 24.5 Å². The zero-order valence-corrected chi connectivity index (χ0v) is 15.3. The molecule has 8 heteroatoms. The number of nitrogens with one attached hydrogen (secondary N) is 2. The number of nitrogens with zero attached hydrogens (tertiary/aromatic N) is 3. The summed E-state index contributed by atoms with van der Waals surface area (Å²) in [6, 6.07) is 5.83. The first-order chi connectivity index (χ1) is 11.9. The second-order valence-electron chi connectivity index (χ2n) is 6.40. The van der Waals surface area contributed by atoms with Crippen LogP contribution in [0.5, 0.6) is 0 Å². The molecule has 0 spiro atoms. The van der Waals surface area contributed by atoms with Crippen LogP contribution in [-0.4, -0.2) is 46.7 Å². The van der Waals surface area contributed by atoms with E-state index in [9.17, 15) is 9.59 Å². The molecule has 1 saturated heterocycles. The number of aryl methyl sites for hydroxylation is 2.